The second kappa shape index (κ2) is 6.46. The fraction of sp³-hybridized carbons (Fsp3) is 0.333. The van der Waals surface area contributed by atoms with Gasteiger partial charge in [0.25, 0.3) is 5.91 Å². The quantitative estimate of drug-likeness (QED) is 0.506. The van der Waals surface area contributed by atoms with Gasteiger partial charge in [-0.1, -0.05) is 0 Å². The van der Waals surface area contributed by atoms with Gasteiger partial charge in [0, 0.05) is 12.4 Å². The van der Waals surface area contributed by atoms with E-state index in [0.717, 1.165) is 0 Å². The maximum Gasteiger partial charge on any atom is 0.321 e. The number of hydrogen-bond donors (Lipinski definition) is 2. The zero-order chi connectivity index (χ0) is 11.8. The number of nitrogens with one attached hydrogen (secondary N) is 2. The molecule has 0 aliphatic carbocycles. The molecule has 0 atom stereocenters. The van der Waals surface area contributed by atoms with Crippen molar-refractivity contribution in [1.82, 2.24) is 20.8 Å². The van der Waals surface area contributed by atoms with Gasteiger partial charge in [-0.05, 0) is 6.92 Å². The maximum absolute atomic E-state index is 11.4. The summed E-state index contributed by atoms with van der Waals surface area (Å²) in [5.41, 5.74) is 4.89. The Balaban J connectivity index is 2.29. The van der Waals surface area contributed by atoms with Crippen LogP contribution in [0.25, 0.3) is 0 Å². The average Bonchev–Trinajstić information content (AvgIpc) is 2.30. The van der Waals surface area contributed by atoms with E-state index in [1.54, 1.807) is 6.92 Å². The van der Waals surface area contributed by atoms with E-state index in [-0.39, 0.29) is 12.2 Å². The molecule has 0 radical (unpaired) electrons. The normalized spacial score (nSPS) is 9.56. The summed E-state index contributed by atoms with van der Waals surface area (Å²) in [6, 6.07) is 0. The van der Waals surface area contributed by atoms with Gasteiger partial charge in [-0.2, -0.15) is 0 Å². The monoisotopic (exact) mass is 224 g/mol. The predicted octanol–water partition coefficient (Wildman–Crippen LogP) is -0.726. The van der Waals surface area contributed by atoms with Crippen LogP contribution < -0.4 is 10.9 Å². The number of carbonyl (C=O) groups is 2. The fourth-order valence-corrected chi connectivity index (χ4v) is 0.889. The van der Waals surface area contributed by atoms with Crippen molar-refractivity contribution in [2.24, 2.45) is 0 Å². The van der Waals surface area contributed by atoms with Crippen molar-refractivity contribution in [3.63, 3.8) is 0 Å². The van der Waals surface area contributed by atoms with Crippen molar-refractivity contribution in [2.75, 3.05) is 13.2 Å². The van der Waals surface area contributed by atoms with Crippen LogP contribution in [0.1, 0.15) is 17.4 Å². The summed E-state index contributed by atoms with van der Waals surface area (Å²) in [5.74, 6) is -0.903. The van der Waals surface area contributed by atoms with Gasteiger partial charge in [0.2, 0.25) is 0 Å². The molecule has 0 unspecified atom stereocenters. The van der Waals surface area contributed by atoms with Crippen molar-refractivity contribution in [2.45, 2.75) is 6.92 Å². The van der Waals surface area contributed by atoms with E-state index in [9.17, 15) is 9.59 Å². The Kier molecular flexibility index (Phi) is 4.87. The predicted molar refractivity (Wildman–Crippen MR) is 54.1 cm³/mol. The van der Waals surface area contributed by atoms with E-state index < -0.39 is 11.9 Å². The zero-order valence-electron chi connectivity index (χ0n) is 8.77. The highest BCUT2D eigenvalue weighted by Crippen LogP contribution is 1.87. The van der Waals surface area contributed by atoms with Crippen LogP contribution in [-0.4, -0.2) is 35.0 Å². The molecular formula is C9H12N4O3. The lowest BCUT2D eigenvalue weighted by Crippen LogP contribution is -2.41. The lowest BCUT2D eigenvalue weighted by atomic mass is 10.4. The van der Waals surface area contributed by atoms with Gasteiger partial charge in [0.05, 0.1) is 12.8 Å². The van der Waals surface area contributed by atoms with Gasteiger partial charge in [0.1, 0.15) is 12.2 Å². The fourth-order valence-electron chi connectivity index (χ4n) is 0.889. The number of hydrazine groups is 1. The van der Waals surface area contributed by atoms with Crippen LogP contribution in [0.2, 0.25) is 0 Å². The molecule has 0 saturated heterocycles. The lowest BCUT2D eigenvalue weighted by molar-refractivity contribution is -0.142. The second-order valence-corrected chi connectivity index (χ2v) is 2.70. The molecule has 1 rings (SSSR count). The van der Waals surface area contributed by atoms with Gasteiger partial charge < -0.3 is 4.74 Å². The molecule has 16 heavy (non-hydrogen) atoms. The summed E-state index contributed by atoms with van der Waals surface area (Å²) in [6.45, 7) is 1.91. The first-order chi connectivity index (χ1) is 7.74. The van der Waals surface area contributed by atoms with Crippen molar-refractivity contribution >= 4 is 11.9 Å². The highest BCUT2D eigenvalue weighted by Gasteiger charge is 2.07. The Morgan fingerprint density at radius 2 is 2.25 bits per heavy atom. The Morgan fingerprint density at radius 1 is 1.44 bits per heavy atom. The largest absolute Gasteiger partial charge is 0.465 e. The summed E-state index contributed by atoms with van der Waals surface area (Å²) >= 11 is 0. The molecular weight excluding hydrogens is 212 g/mol. The van der Waals surface area contributed by atoms with Crippen LogP contribution >= 0.6 is 0 Å². The second-order valence-electron chi connectivity index (χ2n) is 2.70. The first-order valence-corrected chi connectivity index (χ1v) is 4.69. The van der Waals surface area contributed by atoms with E-state index in [4.69, 9.17) is 0 Å². The SMILES string of the molecule is CCOC(=O)CNNC(=O)c1cnccn1. The van der Waals surface area contributed by atoms with E-state index in [1.165, 1.54) is 18.6 Å². The summed E-state index contributed by atoms with van der Waals surface area (Å²) in [5, 5.41) is 0. The van der Waals surface area contributed by atoms with Crippen LogP contribution in [0.5, 0.6) is 0 Å². The number of ether oxygens (including phenoxy) is 1. The minimum absolute atomic E-state index is 0.0974. The number of amides is 1. The minimum atomic E-state index is -0.461. The average molecular weight is 224 g/mol. The summed E-state index contributed by atoms with van der Waals surface area (Å²) in [7, 11) is 0. The summed E-state index contributed by atoms with van der Waals surface area (Å²) in [6.07, 6.45) is 4.18. The van der Waals surface area contributed by atoms with Gasteiger partial charge >= 0.3 is 5.97 Å². The molecule has 7 nitrogen and oxygen atoms in total. The van der Waals surface area contributed by atoms with Crippen LogP contribution in [0.15, 0.2) is 18.6 Å². The lowest BCUT2D eigenvalue weighted by Gasteiger charge is -2.05. The van der Waals surface area contributed by atoms with Crippen LogP contribution in [0.3, 0.4) is 0 Å². The molecule has 0 aromatic carbocycles. The van der Waals surface area contributed by atoms with Gasteiger partial charge in [-0.3, -0.25) is 20.0 Å². The third kappa shape index (κ3) is 4.01. The Hall–Kier alpha value is -2.02. The molecule has 0 spiro atoms. The molecule has 0 bridgehead atoms. The zero-order valence-corrected chi connectivity index (χ0v) is 8.77. The van der Waals surface area contributed by atoms with E-state index >= 15 is 0 Å². The first kappa shape index (κ1) is 12.1. The van der Waals surface area contributed by atoms with Gasteiger partial charge in [-0.25, -0.2) is 10.4 Å². The van der Waals surface area contributed by atoms with E-state index in [1.807, 2.05) is 0 Å². The number of aromatic nitrogens is 2. The third-order valence-corrected chi connectivity index (χ3v) is 1.54. The van der Waals surface area contributed by atoms with E-state index in [2.05, 4.69) is 25.6 Å². The van der Waals surface area contributed by atoms with E-state index in [0.29, 0.717) is 6.61 Å². The highest BCUT2D eigenvalue weighted by atomic mass is 16.5. The molecule has 1 aromatic heterocycles. The maximum atomic E-state index is 11.4. The number of rotatable bonds is 5. The number of esters is 1. The Morgan fingerprint density at radius 3 is 2.88 bits per heavy atom. The summed E-state index contributed by atoms with van der Waals surface area (Å²) < 4.78 is 4.65. The van der Waals surface area contributed by atoms with Crippen LogP contribution in [0, 0.1) is 0 Å². The topological polar surface area (TPSA) is 93.2 Å². The summed E-state index contributed by atoms with van der Waals surface area (Å²) in [4.78, 5) is 29.8. The molecule has 1 heterocycles. The van der Waals surface area contributed by atoms with Crippen molar-refractivity contribution in [1.29, 1.82) is 0 Å². The number of hydrogen-bond acceptors (Lipinski definition) is 6. The number of nitrogens with zero attached hydrogens (tertiary/aromatic N) is 2. The van der Waals surface area contributed by atoms with Gasteiger partial charge in [-0.15, -0.1) is 0 Å². The highest BCUT2D eigenvalue weighted by molar-refractivity contribution is 5.91. The Bertz CT molecular complexity index is 355. The molecule has 1 amide bonds. The van der Waals surface area contributed by atoms with Gasteiger partial charge in [0.15, 0.2) is 0 Å². The van der Waals surface area contributed by atoms with Crippen molar-refractivity contribution < 1.29 is 14.3 Å². The van der Waals surface area contributed by atoms with Crippen LogP contribution in [-0.2, 0) is 9.53 Å². The minimum Gasteiger partial charge on any atom is -0.465 e. The smallest absolute Gasteiger partial charge is 0.321 e. The van der Waals surface area contributed by atoms with Crippen molar-refractivity contribution in [3.05, 3.63) is 24.3 Å². The Labute approximate surface area is 92.2 Å². The molecule has 2 N–H and O–H groups in total. The molecule has 0 fully saturated rings. The van der Waals surface area contributed by atoms with Crippen LogP contribution in [0.4, 0.5) is 0 Å². The molecule has 7 heteroatoms. The number of carbonyl (C=O) groups excluding carboxylic acids is 2. The molecule has 0 saturated carbocycles. The molecule has 0 aliphatic rings. The molecule has 86 valence electrons. The van der Waals surface area contributed by atoms with Crippen molar-refractivity contribution in [3.8, 4) is 0 Å². The standard InChI is InChI=1S/C9H12N4O3/c1-2-16-8(14)6-12-13-9(15)7-5-10-3-4-11-7/h3-5,12H,2,6H2,1H3,(H,13,15). The molecule has 0 aliphatic heterocycles. The molecule has 1 aromatic rings. The first-order valence-electron chi connectivity index (χ1n) is 4.69. The third-order valence-electron chi connectivity index (χ3n) is 1.54.